The maximum atomic E-state index is 12.2. The number of ketones is 1. The van der Waals surface area contributed by atoms with E-state index in [0.29, 0.717) is 18.4 Å². The monoisotopic (exact) mass is 333 g/mol. The van der Waals surface area contributed by atoms with Gasteiger partial charge in [0.15, 0.2) is 11.6 Å². The molecule has 1 aromatic carbocycles. The Hall–Kier alpha value is -1.36. The second kappa shape index (κ2) is 6.89. The molecule has 2 rings (SSSR count). The van der Waals surface area contributed by atoms with Gasteiger partial charge in [0.1, 0.15) is 0 Å². The number of hydrogen-bond donors (Lipinski definition) is 0. The van der Waals surface area contributed by atoms with Crippen LogP contribution in [0.15, 0.2) is 35.9 Å². The number of hydrogen-bond acceptors (Lipinski definition) is 2. The summed E-state index contributed by atoms with van der Waals surface area (Å²) in [5.41, 5.74) is 2.96. The van der Waals surface area contributed by atoms with Crippen LogP contribution in [0.2, 0.25) is 0 Å². The van der Waals surface area contributed by atoms with Crippen molar-refractivity contribution in [2.24, 2.45) is 0 Å². The lowest BCUT2D eigenvalue weighted by atomic mass is 9.90. The molecule has 0 bridgehead atoms. The van der Waals surface area contributed by atoms with E-state index >= 15 is 0 Å². The normalized spacial score (nSPS) is 15.1. The largest absolute Gasteiger partial charge is 0.351 e. The molecule has 3 nitrogen and oxygen atoms in total. The number of rotatable bonds is 3. The maximum absolute atomic E-state index is 12.2. The molecule has 0 atom stereocenters. The number of piperidine rings is 1. The number of amides is 1. The summed E-state index contributed by atoms with van der Waals surface area (Å²) in [6.07, 6.45) is 1.56. The minimum Gasteiger partial charge on any atom is -0.351 e. The number of Topliss-reactive ketones (excluding diaryl/α,β-unsaturated/α-hetero) is 1. The summed E-state index contributed by atoms with van der Waals surface area (Å²) in [7, 11) is 1.59. The number of carbonyl (C=O) groups is 2. The number of nitrogens with zero attached hydrogens (tertiary/aromatic N) is 1. The van der Waals surface area contributed by atoms with Crippen molar-refractivity contribution in [2.75, 3.05) is 18.4 Å². The highest BCUT2D eigenvalue weighted by Crippen LogP contribution is 2.28. The first kappa shape index (κ1) is 15.0. The molecule has 0 unspecified atom stereocenters. The fourth-order valence-corrected chi connectivity index (χ4v) is 2.86. The molecule has 1 heterocycles. The Morgan fingerprint density at radius 3 is 2.25 bits per heavy atom. The van der Waals surface area contributed by atoms with Crippen LogP contribution < -0.4 is 0 Å². The topological polar surface area (TPSA) is 37.4 Å². The van der Waals surface area contributed by atoms with Gasteiger partial charge in [-0.1, -0.05) is 51.8 Å². The van der Waals surface area contributed by atoms with Crippen LogP contribution >= 0.6 is 15.9 Å². The van der Waals surface area contributed by atoms with Crippen LogP contribution in [0.4, 0.5) is 4.79 Å². The fourth-order valence-electron chi connectivity index (χ4n) is 2.58. The van der Waals surface area contributed by atoms with Crippen molar-refractivity contribution in [1.29, 1.82) is 0 Å². The molecule has 1 aromatic rings. The van der Waals surface area contributed by atoms with Crippen molar-refractivity contribution in [2.45, 2.75) is 12.8 Å². The van der Waals surface area contributed by atoms with Gasteiger partial charge in [0, 0.05) is 18.7 Å². The maximum Gasteiger partial charge on any atom is 0.215 e. The number of carbonyl (C=O) groups excluding carboxylic acids is 2. The zero-order chi connectivity index (χ0) is 14.5. The van der Waals surface area contributed by atoms with Crippen LogP contribution in [-0.2, 0) is 4.79 Å². The SMILES string of the molecule is BC(=O)N1CCC(=C(C(=O)CBr)c2ccccc2)CC1. The minimum atomic E-state index is 0.108. The predicted molar refractivity (Wildman–Crippen MR) is 86.9 cm³/mol. The average Bonchev–Trinajstić information content (AvgIpc) is 2.49. The molecule has 1 aliphatic rings. The van der Waals surface area contributed by atoms with E-state index in [2.05, 4.69) is 15.9 Å². The highest BCUT2D eigenvalue weighted by Gasteiger charge is 2.22. The lowest BCUT2D eigenvalue weighted by molar-refractivity contribution is -0.111. The number of benzene rings is 1. The third-order valence-corrected chi connectivity index (χ3v) is 4.14. The summed E-state index contributed by atoms with van der Waals surface area (Å²) >= 11 is 3.27. The summed E-state index contributed by atoms with van der Waals surface area (Å²) < 4.78 is 0. The van der Waals surface area contributed by atoms with Crippen molar-refractivity contribution in [3.63, 3.8) is 0 Å². The zero-order valence-electron chi connectivity index (χ0n) is 11.6. The van der Waals surface area contributed by atoms with Gasteiger partial charge in [-0.3, -0.25) is 9.59 Å². The highest BCUT2D eigenvalue weighted by molar-refractivity contribution is 9.09. The molecule has 0 N–H and O–H groups in total. The molecule has 104 valence electrons. The Bertz CT molecular complexity index is 532. The number of alkyl halides is 1. The van der Waals surface area contributed by atoms with E-state index in [0.717, 1.165) is 29.6 Å². The first-order chi connectivity index (χ1) is 9.63. The minimum absolute atomic E-state index is 0.108. The van der Waals surface area contributed by atoms with E-state index in [1.165, 1.54) is 0 Å². The lowest BCUT2D eigenvalue weighted by Crippen LogP contribution is -2.36. The second-order valence-electron chi connectivity index (χ2n) is 4.91. The molecule has 1 amide bonds. The molecular formula is C15H17BBrNO2. The third-order valence-electron chi connectivity index (χ3n) is 3.63. The summed E-state index contributed by atoms with van der Waals surface area (Å²) in [5, 5.41) is 0.331. The van der Waals surface area contributed by atoms with Crippen LogP contribution in [0.25, 0.3) is 5.57 Å². The molecular weight excluding hydrogens is 317 g/mol. The number of allylic oxidation sites excluding steroid dienone is 1. The summed E-state index contributed by atoms with van der Waals surface area (Å²) in [6.45, 7) is 1.41. The molecule has 1 aliphatic heterocycles. The Kier molecular flexibility index (Phi) is 5.18. The molecule has 1 saturated heterocycles. The quantitative estimate of drug-likeness (QED) is 0.483. The number of halogens is 1. The van der Waals surface area contributed by atoms with Crippen molar-refractivity contribution in [3.05, 3.63) is 41.5 Å². The van der Waals surface area contributed by atoms with Gasteiger partial charge in [0.25, 0.3) is 0 Å². The molecule has 0 aliphatic carbocycles. The Labute approximate surface area is 128 Å². The van der Waals surface area contributed by atoms with Crippen LogP contribution in [0.1, 0.15) is 18.4 Å². The molecule has 0 saturated carbocycles. The molecule has 1 fully saturated rings. The van der Waals surface area contributed by atoms with Crippen LogP contribution in [0.3, 0.4) is 0 Å². The van der Waals surface area contributed by atoms with E-state index in [1.807, 2.05) is 35.2 Å². The molecule has 0 spiro atoms. The van der Waals surface area contributed by atoms with Gasteiger partial charge in [-0.05, 0) is 18.4 Å². The summed E-state index contributed by atoms with van der Waals surface area (Å²) in [6, 6.07) is 9.79. The average molecular weight is 334 g/mol. The smallest absolute Gasteiger partial charge is 0.215 e. The Balaban J connectivity index is 2.30. The predicted octanol–water partition coefficient (Wildman–Crippen LogP) is 2.25. The van der Waals surface area contributed by atoms with Gasteiger partial charge >= 0.3 is 0 Å². The lowest BCUT2D eigenvalue weighted by Gasteiger charge is -2.29. The highest BCUT2D eigenvalue weighted by atomic mass is 79.9. The fraction of sp³-hybridized carbons (Fsp3) is 0.333. The Morgan fingerprint density at radius 1 is 1.15 bits per heavy atom. The van der Waals surface area contributed by atoms with Gasteiger partial charge < -0.3 is 4.90 Å². The summed E-state index contributed by atoms with van der Waals surface area (Å²) in [4.78, 5) is 25.5. The van der Waals surface area contributed by atoms with Crippen molar-refractivity contribution >= 4 is 40.9 Å². The Morgan fingerprint density at radius 2 is 1.75 bits per heavy atom. The first-order valence-electron chi connectivity index (χ1n) is 6.75. The van der Waals surface area contributed by atoms with E-state index in [-0.39, 0.29) is 11.6 Å². The van der Waals surface area contributed by atoms with Gasteiger partial charge in [-0.2, -0.15) is 0 Å². The van der Waals surface area contributed by atoms with E-state index in [4.69, 9.17) is 0 Å². The van der Waals surface area contributed by atoms with Crippen LogP contribution in [-0.4, -0.2) is 42.8 Å². The van der Waals surface area contributed by atoms with Gasteiger partial charge in [-0.25, -0.2) is 0 Å². The van der Waals surface area contributed by atoms with Crippen molar-refractivity contribution in [3.8, 4) is 0 Å². The van der Waals surface area contributed by atoms with E-state index in [1.54, 1.807) is 7.85 Å². The van der Waals surface area contributed by atoms with Crippen molar-refractivity contribution in [1.82, 2.24) is 4.90 Å². The molecule has 0 radical (unpaired) electrons. The first-order valence-corrected chi connectivity index (χ1v) is 7.87. The molecule has 20 heavy (non-hydrogen) atoms. The van der Waals surface area contributed by atoms with Crippen molar-refractivity contribution < 1.29 is 9.59 Å². The van der Waals surface area contributed by atoms with Gasteiger partial charge in [0.05, 0.1) is 5.33 Å². The van der Waals surface area contributed by atoms with E-state index in [9.17, 15) is 9.59 Å². The van der Waals surface area contributed by atoms with Gasteiger partial charge in [0.2, 0.25) is 7.85 Å². The van der Waals surface area contributed by atoms with Crippen LogP contribution in [0.5, 0.6) is 0 Å². The zero-order valence-corrected chi connectivity index (χ0v) is 13.1. The standard InChI is InChI=1S/C15H17BBrNO2/c16-15(20)18-8-6-12(7-9-18)14(13(19)10-17)11-4-2-1-3-5-11/h1-5H,6-10,16H2. The van der Waals surface area contributed by atoms with Crippen LogP contribution in [0, 0.1) is 0 Å². The third kappa shape index (κ3) is 3.39. The second-order valence-corrected chi connectivity index (χ2v) is 5.47. The molecule has 0 aromatic heterocycles. The van der Waals surface area contributed by atoms with Gasteiger partial charge in [-0.15, -0.1) is 0 Å². The summed E-state index contributed by atoms with van der Waals surface area (Å²) in [5.74, 6) is 0.222. The number of likely N-dealkylation sites (tertiary alicyclic amines) is 1. The van der Waals surface area contributed by atoms with E-state index < -0.39 is 0 Å². The molecule has 5 heteroatoms.